The summed E-state index contributed by atoms with van der Waals surface area (Å²) in [5, 5.41) is 12.9. The predicted octanol–water partition coefficient (Wildman–Crippen LogP) is 4.06. The van der Waals surface area contributed by atoms with E-state index in [1.807, 2.05) is 0 Å². The van der Waals surface area contributed by atoms with E-state index in [4.69, 9.17) is 0 Å². The van der Waals surface area contributed by atoms with Crippen LogP contribution in [0.1, 0.15) is 11.1 Å². The smallest absolute Gasteiger partial charge is 0.191 e. The van der Waals surface area contributed by atoms with E-state index in [1.165, 1.54) is 11.1 Å². The molecular weight excluding hydrogens is 457 g/mol. The molecule has 2 rings (SSSR count). The van der Waals surface area contributed by atoms with Crippen molar-refractivity contribution in [3.63, 3.8) is 0 Å². The van der Waals surface area contributed by atoms with Gasteiger partial charge in [0.05, 0.1) is 3.79 Å². The van der Waals surface area contributed by atoms with Crippen LogP contribution in [0.15, 0.2) is 37.1 Å². The number of aliphatic imine (C=N–C) groups is 1. The minimum atomic E-state index is 0. The van der Waals surface area contributed by atoms with E-state index >= 15 is 0 Å². The zero-order chi connectivity index (χ0) is 12.8. The van der Waals surface area contributed by atoms with E-state index in [9.17, 15) is 0 Å². The van der Waals surface area contributed by atoms with Gasteiger partial charge in [0, 0.05) is 20.1 Å². The topological polar surface area (TPSA) is 36.4 Å². The number of hydrogen-bond acceptors (Lipinski definition) is 3. The molecule has 7 heteroatoms. The summed E-state index contributed by atoms with van der Waals surface area (Å²) in [6.07, 6.45) is 0. The molecule has 0 aliphatic heterocycles. The molecule has 0 amide bonds. The van der Waals surface area contributed by atoms with E-state index in [-0.39, 0.29) is 24.0 Å². The number of nitrogens with zero attached hydrogens (tertiary/aromatic N) is 1. The fraction of sp³-hybridized carbons (Fsp3) is 0.250. The van der Waals surface area contributed by atoms with Gasteiger partial charge in [0.15, 0.2) is 5.96 Å². The summed E-state index contributed by atoms with van der Waals surface area (Å²) in [7, 11) is 1.78. The Morgan fingerprint density at radius 3 is 2.53 bits per heavy atom. The fourth-order valence-corrected chi connectivity index (χ4v) is 3.30. The molecule has 2 N–H and O–H groups in total. The van der Waals surface area contributed by atoms with Gasteiger partial charge in [0.25, 0.3) is 0 Å². The molecule has 0 saturated carbocycles. The monoisotopic (exact) mass is 471 g/mol. The molecule has 0 fully saturated rings. The van der Waals surface area contributed by atoms with Gasteiger partial charge in [-0.15, -0.1) is 35.3 Å². The van der Waals surface area contributed by atoms with Crippen molar-refractivity contribution in [1.82, 2.24) is 10.6 Å². The van der Waals surface area contributed by atoms with Crippen LogP contribution in [0.3, 0.4) is 0 Å². The highest BCUT2D eigenvalue weighted by atomic mass is 127. The quantitative estimate of drug-likeness (QED) is 0.401. The highest BCUT2D eigenvalue weighted by Crippen LogP contribution is 2.20. The average Bonchev–Trinajstić information content (AvgIpc) is 3.01. The van der Waals surface area contributed by atoms with Crippen LogP contribution in [0.2, 0.25) is 0 Å². The van der Waals surface area contributed by atoms with Gasteiger partial charge in [0.1, 0.15) is 0 Å². The molecule has 2 heterocycles. The van der Waals surface area contributed by atoms with Gasteiger partial charge in [-0.1, -0.05) is 0 Å². The largest absolute Gasteiger partial charge is 0.352 e. The second-order valence-corrected chi connectivity index (χ2v) is 6.74. The number of nitrogens with one attached hydrogen (secondary N) is 2. The van der Waals surface area contributed by atoms with Crippen LogP contribution in [-0.4, -0.2) is 13.0 Å². The predicted molar refractivity (Wildman–Crippen MR) is 98.8 cm³/mol. The molecule has 0 bridgehead atoms. The number of guanidine groups is 1. The Balaban J connectivity index is 0.00000180. The Labute approximate surface area is 146 Å². The van der Waals surface area contributed by atoms with Crippen molar-refractivity contribution >= 4 is 68.5 Å². The van der Waals surface area contributed by atoms with Crippen LogP contribution >= 0.6 is 62.6 Å². The van der Waals surface area contributed by atoms with Gasteiger partial charge in [-0.05, 0) is 55.3 Å². The van der Waals surface area contributed by atoms with E-state index < -0.39 is 0 Å². The third-order valence-corrected chi connectivity index (χ3v) is 4.63. The van der Waals surface area contributed by atoms with Crippen LogP contribution in [0.5, 0.6) is 0 Å². The third-order valence-electron chi connectivity index (χ3n) is 2.35. The molecule has 3 nitrogen and oxygen atoms in total. The molecule has 0 aromatic carbocycles. The molecule has 0 saturated heterocycles. The van der Waals surface area contributed by atoms with E-state index in [2.05, 4.69) is 59.8 Å². The fourth-order valence-electron chi connectivity index (χ4n) is 1.42. The molecule has 0 radical (unpaired) electrons. The molecule has 2 aromatic heterocycles. The van der Waals surface area contributed by atoms with Crippen LogP contribution < -0.4 is 10.6 Å². The third kappa shape index (κ3) is 5.80. The number of thiophene rings is 2. The first-order valence-corrected chi connectivity index (χ1v) is 8.08. The summed E-state index contributed by atoms with van der Waals surface area (Å²) in [5.41, 5.74) is 2.53. The first-order chi connectivity index (χ1) is 8.78. The van der Waals surface area contributed by atoms with Crippen molar-refractivity contribution in [1.29, 1.82) is 0 Å². The van der Waals surface area contributed by atoms with E-state index in [0.29, 0.717) is 0 Å². The van der Waals surface area contributed by atoms with Gasteiger partial charge in [-0.25, -0.2) is 0 Å². The van der Waals surface area contributed by atoms with Crippen molar-refractivity contribution in [2.45, 2.75) is 13.1 Å². The zero-order valence-electron chi connectivity index (χ0n) is 10.4. The highest BCUT2D eigenvalue weighted by molar-refractivity contribution is 14.0. The Kier molecular flexibility index (Phi) is 7.96. The summed E-state index contributed by atoms with van der Waals surface area (Å²) in [4.78, 5) is 4.20. The van der Waals surface area contributed by atoms with Crippen LogP contribution in [-0.2, 0) is 13.1 Å². The van der Waals surface area contributed by atoms with Gasteiger partial charge in [-0.2, -0.15) is 11.3 Å². The molecule has 0 spiro atoms. The SMILES string of the molecule is CN=C(NCc1ccsc1)NCc1csc(Br)c1.I. The Hall–Kier alpha value is -0.120. The number of rotatable bonds is 4. The summed E-state index contributed by atoms with van der Waals surface area (Å²) < 4.78 is 1.15. The van der Waals surface area contributed by atoms with Gasteiger partial charge >= 0.3 is 0 Å². The van der Waals surface area contributed by atoms with Gasteiger partial charge in [0.2, 0.25) is 0 Å². The second kappa shape index (κ2) is 8.93. The number of hydrogen-bond donors (Lipinski definition) is 2. The zero-order valence-corrected chi connectivity index (χ0v) is 15.9. The highest BCUT2D eigenvalue weighted by Gasteiger charge is 2.00. The standard InChI is InChI=1S/C12H14BrN3S2.HI/c1-14-12(15-5-9-2-3-17-7-9)16-6-10-4-11(13)18-8-10;/h2-4,7-8H,5-6H2,1H3,(H2,14,15,16);1H. The maximum atomic E-state index is 4.20. The first kappa shape index (κ1) is 16.9. The molecular formula is C12H15BrIN3S2. The molecule has 2 aromatic rings. The second-order valence-electron chi connectivity index (χ2n) is 3.67. The van der Waals surface area contributed by atoms with Crippen molar-refractivity contribution in [3.8, 4) is 0 Å². The molecule has 0 atom stereocenters. The maximum absolute atomic E-state index is 4.20. The van der Waals surface area contributed by atoms with Crippen molar-refractivity contribution in [2.75, 3.05) is 7.05 Å². The molecule has 0 aliphatic rings. The van der Waals surface area contributed by atoms with E-state index in [0.717, 1.165) is 22.8 Å². The van der Waals surface area contributed by atoms with E-state index in [1.54, 1.807) is 29.7 Å². The van der Waals surface area contributed by atoms with Crippen molar-refractivity contribution in [2.24, 2.45) is 4.99 Å². The van der Waals surface area contributed by atoms with Crippen molar-refractivity contribution in [3.05, 3.63) is 43.2 Å². The van der Waals surface area contributed by atoms with Crippen LogP contribution in [0.4, 0.5) is 0 Å². The van der Waals surface area contributed by atoms with Gasteiger partial charge < -0.3 is 10.6 Å². The van der Waals surface area contributed by atoms with Crippen LogP contribution in [0, 0.1) is 0 Å². The average molecular weight is 472 g/mol. The summed E-state index contributed by atoms with van der Waals surface area (Å²) in [5.74, 6) is 0.823. The lowest BCUT2D eigenvalue weighted by molar-refractivity contribution is 0.812. The molecule has 0 unspecified atom stereocenters. The lowest BCUT2D eigenvalue weighted by Gasteiger charge is -2.10. The van der Waals surface area contributed by atoms with Gasteiger partial charge in [-0.3, -0.25) is 4.99 Å². The Morgan fingerprint density at radius 1 is 1.26 bits per heavy atom. The summed E-state index contributed by atoms with van der Waals surface area (Å²) in [6, 6.07) is 4.23. The summed E-state index contributed by atoms with van der Waals surface area (Å²) in [6.45, 7) is 1.59. The lowest BCUT2D eigenvalue weighted by atomic mass is 10.3. The van der Waals surface area contributed by atoms with Crippen LogP contribution in [0.25, 0.3) is 0 Å². The Bertz CT molecular complexity index is 511. The Morgan fingerprint density at radius 2 is 2.00 bits per heavy atom. The minimum Gasteiger partial charge on any atom is -0.352 e. The van der Waals surface area contributed by atoms with Crippen molar-refractivity contribution < 1.29 is 0 Å². The molecule has 0 aliphatic carbocycles. The lowest BCUT2D eigenvalue weighted by Crippen LogP contribution is -2.36. The normalized spacial score (nSPS) is 10.9. The molecule has 104 valence electrons. The summed E-state index contributed by atoms with van der Waals surface area (Å²) >= 11 is 6.86. The first-order valence-electron chi connectivity index (χ1n) is 5.46. The minimum absolute atomic E-state index is 0. The molecule has 19 heavy (non-hydrogen) atoms. The number of halogens is 2. The maximum Gasteiger partial charge on any atom is 0.191 e.